The maximum absolute atomic E-state index is 13.6. The summed E-state index contributed by atoms with van der Waals surface area (Å²) < 4.78 is 26.9. The number of amides is 2. The molecule has 1 heterocycles. The third-order valence-electron chi connectivity index (χ3n) is 4.73. The molecular formula is C23H22F2N4O3. The van der Waals surface area contributed by atoms with E-state index in [-0.39, 0.29) is 13.0 Å². The van der Waals surface area contributed by atoms with Crippen molar-refractivity contribution in [3.05, 3.63) is 95.2 Å². The molecule has 2 unspecified atom stereocenters. The number of aliphatic hydroxyl groups is 1. The Morgan fingerprint density at radius 1 is 0.969 bits per heavy atom. The van der Waals surface area contributed by atoms with Crippen LogP contribution in [0.4, 0.5) is 14.6 Å². The molecule has 166 valence electrons. The number of carbonyl (C=O) groups is 2. The first-order valence-corrected chi connectivity index (χ1v) is 9.79. The molecule has 2 atom stereocenters. The molecule has 2 amide bonds. The van der Waals surface area contributed by atoms with Crippen molar-refractivity contribution in [2.45, 2.75) is 25.1 Å². The predicted molar refractivity (Wildman–Crippen MR) is 114 cm³/mol. The van der Waals surface area contributed by atoms with Crippen LogP contribution in [-0.4, -0.2) is 27.9 Å². The Hall–Kier alpha value is -3.85. The van der Waals surface area contributed by atoms with Crippen LogP contribution >= 0.6 is 0 Å². The fourth-order valence-corrected chi connectivity index (χ4v) is 3.00. The zero-order chi connectivity index (χ0) is 23.1. The average molecular weight is 440 g/mol. The first-order valence-electron chi connectivity index (χ1n) is 9.79. The molecule has 2 aromatic carbocycles. The van der Waals surface area contributed by atoms with Gasteiger partial charge in [-0.25, -0.2) is 13.8 Å². The first-order chi connectivity index (χ1) is 15.3. The van der Waals surface area contributed by atoms with Gasteiger partial charge in [-0.05, 0) is 34.9 Å². The third-order valence-corrected chi connectivity index (χ3v) is 4.73. The van der Waals surface area contributed by atoms with Crippen molar-refractivity contribution in [1.29, 1.82) is 0 Å². The first kappa shape index (κ1) is 22.8. The fourth-order valence-electron chi connectivity index (χ4n) is 3.00. The van der Waals surface area contributed by atoms with Crippen LogP contribution in [-0.2, 0) is 22.6 Å². The minimum atomic E-state index is -1.50. The van der Waals surface area contributed by atoms with Crippen molar-refractivity contribution in [1.82, 2.24) is 15.6 Å². The van der Waals surface area contributed by atoms with E-state index in [9.17, 15) is 23.5 Å². The molecule has 3 rings (SSSR count). The van der Waals surface area contributed by atoms with Gasteiger partial charge in [0.05, 0.1) is 0 Å². The molecule has 7 nitrogen and oxygen atoms in total. The Bertz CT molecular complexity index is 1080. The maximum atomic E-state index is 13.6. The number of carbonyl (C=O) groups excluding carboxylic acids is 2. The molecule has 0 saturated heterocycles. The van der Waals surface area contributed by atoms with Gasteiger partial charge in [-0.2, -0.15) is 0 Å². The van der Waals surface area contributed by atoms with Gasteiger partial charge < -0.3 is 21.5 Å². The van der Waals surface area contributed by atoms with Gasteiger partial charge in [-0.3, -0.25) is 9.59 Å². The lowest BCUT2D eigenvalue weighted by molar-refractivity contribution is -0.134. The summed E-state index contributed by atoms with van der Waals surface area (Å²) in [4.78, 5) is 29.3. The highest BCUT2D eigenvalue weighted by Crippen LogP contribution is 2.14. The number of nitrogen functional groups attached to an aromatic ring is 1. The summed E-state index contributed by atoms with van der Waals surface area (Å²) in [5.74, 6) is -3.12. The van der Waals surface area contributed by atoms with Gasteiger partial charge in [0.2, 0.25) is 5.91 Å². The van der Waals surface area contributed by atoms with Crippen LogP contribution in [0.1, 0.15) is 22.8 Å². The number of rotatable bonds is 8. The molecule has 1 aromatic heterocycles. The van der Waals surface area contributed by atoms with E-state index in [0.29, 0.717) is 22.5 Å². The summed E-state index contributed by atoms with van der Waals surface area (Å²) in [6.07, 6.45) is -0.119. The summed E-state index contributed by atoms with van der Waals surface area (Å²) in [6.45, 7) is 0.109. The number of aromatic nitrogens is 1. The number of nitrogens with one attached hydrogen (secondary N) is 2. The van der Waals surface area contributed by atoms with Crippen LogP contribution in [0, 0.1) is 11.6 Å². The van der Waals surface area contributed by atoms with Crippen LogP contribution in [0.25, 0.3) is 0 Å². The van der Waals surface area contributed by atoms with Crippen LogP contribution in [0.15, 0.2) is 66.9 Å². The molecule has 0 aliphatic carbocycles. The summed E-state index contributed by atoms with van der Waals surface area (Å²) >= 11 is 0. The van der Waals surface area contributed by atoms with Crippen molar-refractivity contribution in [2.75, 3.05) is 5.73 Å². The number of anilines is 1. The molecular weight excluding hydrogens is 418 g/mol. The molecule has 0 radical (unpaired) electrons. The quantitative estimate of drug-likeness (QED) is 0.428. The second kappa shape index (κ2) is 10.5. The second-order valence-corrected chi connectivity index (χ2v) is 7.14. The Morgan fingerprint density at radius 3 is 2.34 bits per heavy atom. The smallest absolute Gasteiger partial charge is 0.254 e. The molecule has 5 N–H and O–H groups in total. The summed E-state index contributed by atoms with van der Waals surface area (Å²) in [5, 5.41) is 15.5. The van der Waals surface area contributed by atoms with E-state index < -0.39 is 35.6 Å². The summed E-state index contributed by atoms with van der Waals surface area (Å²) in [6, 6.07) is 13.6. The lowest BCUT2D eigenvalue weighted by atomic mass is 10.0. The van der Waals surface area contributed by atoms with Crippen molar-refractivity contribution in [2.24, 2.45) is 0 Å². The van der Waals surface area contributed by atoms with Gasteiger partial charge in [0.1, 0.15) is 11.9 Å². The molecule has 9 heteroatoms. The largest absolute Gasteiger partial charge is 0.384 e. The Labute approximate surface area is 183 Å². The van der Waals surface area contributed by atoms with Crippen molar-refractivity contribution >= 4 is 17.6 Å². The van der Waals surface area contributed by atoms with Crippen molar-refractivity contribution in [3.63, 3.8) is 0 Å². The predicted octanol–water partition coefficient (Wildman–Crippen LogP) is 2.02. The molecule has 0 saturated carbocycles. The van der Waals surface area contributed by atoms with Gasteiger partial charge in [0, 0.05) is 19.2 Å². The van der Waals surface area contributed by atoms with Gasteiger partial charge in [-0.15, -0.1) is 0 Å². The number of benzene rings is 2. The minimum Gasteiger partial charge on any atom is -0.384 e. The van der Waals surface area contributed by atoms with E-state index in [4.69, 9.17) is 5.73 Å². The zero-order valence-corrected chi connectivity index (χ0v) is 17.0. The van der Waals surface area contributed by atoms with E-state index in [1.54, 1.807) is 42.5 Å². The van der Waals surface area contributed by atoms with E-state index >= 15 is 0 Å². The monoisotopic (exact) mass is 440 g/mol. The SMILES string of the molecule is Nc1ccc(CNC(=O)C(Cc2ccc(F)c(F)c2)NC(=O)C(O)c2ccccc2)cn1. The molecule has 0 aliphatic heterocycles. The number of pyridine rings is 1. The van der Waals surface area contributed by atoms with E-state index in [2.05, 4.69) is 15.6 Å². The lowest BCUT2D eigenvalue weighted by Crippen LogP contribution is -2.49. The highest BCUT2D eigenvalue weighted by molar-refractivity contribution is 5.90. The Balaban J connectivity index is 1.74. The lowest BCUT2D eigenvalue weighted by Gasteiger charge is -2.21. The molecule has 0 aliphatic rings. The van der Waals surface area contributed by atoms with Gasteiger partial charge >= 0.3 is 0 Å². The van der Waals surface area contributed by atoms with Gasteiger partial charge in [0.25, 0.3) is 5.91 Å². The topological polar surface area (TPSA) is 117 Å². The zero-order valence-electron chi connectivity index (χ0n) is 17.0. The van der Waals surface area contributed by atoms with Gasteiger partial charge in [0.15, 0.2) is 17.7 Å². The normalized spacial score (nSPS) is 12.6. The Kier molecular flexibility index (Phi) is 7.45. The highest BCUT2D eigenvalue weighted by atomic mass is 19.2. The number of nitrogens with zero attached hydrogens (tertiary/aromatic N) is 1. The standard InChI is InChI=1S/C23H22F2N4O3/c24-17-8-6-14(10-18(17)25)11-19(22(31)28-13-15-7-9-20(26)27-12-15)29-23(32)21(30)16-4-2-1-3-5-16/h1-10,12,19,21,30H,11,13H2,(H2,26,27)(H,28,31)(H,29,32). The number of hydrogen-bond acceptors (Lipinski definition) is 5. The number of aliphatic hydroxyl groups excluding tert-OH is 1. The summed E-state index contributed by atoms with van der Waals surface area (Å²) in [5.41, 5.74) is 6.87. The Morgan fingerprint density at radius 2 is 1.69 bits per heavy atom. The van der Waals surface area contributed by atoms with Crippen molar-refractivity contribution in [3.8, 4) is 0 Å². The van der Waals surface area contributed by atoms with Crippen LogP contribution in [0.2, 0.25) is 0 Å². The highest BCUT2D eigenvalue weighted by Gasteiger charge is 2.26. The number of hydrogen-bond donors (Lipinski definition) is 4. The van der Waals surface area contributed by atoms with Crippen molar-refractivity contribution < 1.29 is 23.5 Å². The van der Waals surface area contributed by atoms with E-state index in [0.717, 1.165) is 12.1 Å². The van der Waals surface area contributed by atoms with E-state index in [1.807, 2.05) is 0 Å². The van der Waals surface area contributed by atoms with Crippen LogP contribution in [0.5, 0.6) is 0 Å². The molecule has 0 spiro atoms. The summed E-state index contributed by atoms with van der Waals surface area (Å²) in [7, 11) is 0. The molecule has 32 heavy (non-hydrogen) atoms. The van der Waals surface area contributed by atoms with E-state index in [1.165, 1.54) is 12.3 Å². The van der Waals surface area contributed by atoms with Crippen LogP contribution in [0.3, 0.4) is 0 Å². The number of nitrogens with two attached hydrogens (primary N) is 1. The minimum absolute atomic E-state index is 0.109. The second-order valence-electron chi connectivity index (χ2n) is 7.14. The molecule has 3 aromatic rings. The fraction of sp³-hybridized carbons (Fsp3) is 0.174. The third kappa shape index (κ3) is 6.08. The molecule has 0 fully saturated rings. The van der Waals surface area contributed by atoms with Crippen LogP contribution < -0.4 is 16.4 Å². The average Bonchev–Trinajstić information content (AvgIpc) is 2.80. The van der Waals surface area contributed by atoms with Gasteiger partial charge in [-0.1, -0.05) is 42.5 Å². The number of halogens is 2. The maximum Gasteiger partial charge on any atom is 0.254 e. The molecule has 0 bridgehead atoms.